The van der Waals surface area contributed by atoms with Crippen molar-refractivity contribution >= 4 is 17.9 Å². The molecule has 0 aromatic heterocycles. The molecule has 72 heavy (non-hydrogen) atoms. The quantitative estimate of drug-likeness (QED) is 0.0261. The molecule has 1 atom stereocenters. The fraction of sp³-hybridized carbons (Fsp3) is 0.773. The molecule has 0 N–H and O–H groups in total. The zero-order valence-corrected chi connectivity index (χ0v) is 47.7. The second kappa shape index (κ2) is 60.4. The van der Waals surface area contributed by atoms with Crippen molar-refractivity contribution < 1.29 is 28.6 Å². The molecule has 0 saturated heterocycles. The Labute approximate surface area is 446 Å². The summed E-state index contributed by atoms with van der Waals surface area (Å²) in [6.45, 7) is 6.54. The number of ether oxygens (including phenoxy) is 3. The van der Waals surface area contributed by atoms with Gasteiger partial charge in [-0.05, 0) is 70.6 Å². The maximum atomic E-state index is 12.9. The molecule has 0 aromatic rings. The number of unbranched alkanes of at least 4 members (excludes halogenated alkanes) is 33. The fourth-order valence-corrected chi connectivity index (χ4v) is 8.86. The van der Waals surface area contributed by atoms with Crippen molar-refractivity contribution in [3.8, 4) is 0 Å². The molecule has 0 bridgehead atoms. The molecule has 0 amide bonds. The van der Waals surface area contributed by atoms with Crippen LogP contribution in [0.2, 0.25) is 0 Å². The maximum absolute atomic E-state index is 12.9. The Morgan fingerprint density at radius 3 is 0.847 bits per heavy atom. The number of carbonyl (C=O) groups excluding carboxylic acids is 3. The first-order chi connectivity index (χ1) is 35.5. The van der Waals surface area contributed by atoms with Gasteiger partial charge in [0.05, 0.1) is 0 Å². The van der Waals surface area contributed by atoms with Crippen molar-refractivity contribution in [3.05, 3.63) is 72.9 Å². The van der Waals surface area contributed by atoms with Crippen molar-refractivity contribution in [2.24, 2.45) is 0 Å². The number of esters is 3. The van der Waals surface area contributed by atoms with Gasteiger partial charge in [-0.15, -0.1) is 0 Å². The highest BCUT2D eigenvalue weighted by Gasteiger charge is 2.19. The standard InChI is InChI=1S/C66H116O6/c1-4-7-10-13-16-19-22-25-27-29-31-32-33-34-35-37-38-41-44-47-50-53-56-59-65(68)71-62-63(61-70-64(67)58-55-52-49-46-43-40-24-21-18-15-12-9-6-3)72-66(69)60-57-54-51-48-45-42-39-36-30-28-26-23-20-17-14-11-8-5-2/h7,10,16,19,25,27,31-32,34-35,38,41,63H,4-6,8-9,11-15,17-18,20-24,26,28-30,33,36-37,39-40,42-62H2,1-3H3/b10-7-,19-16-,27-25-,32-31-,35-34-,41-38-. The Morgan fingerprint density at radius 2 is 0.542 bits per heavy atom. The lowest BCUT2D eigenvalue weighted by molar-refractivity contribution is -0.167. The van der Waals surface area contributed by atoms with E-state index in [-0.39, 0.29) is 31.1 Å². The Morgan fingerprint density at radius 1 is 0.292 bits per heavy atom. The van der Waals surface area contributed by atoms with Crippen molar-refractivity contribution in [1.29, 1.82) is 0 Å². The second-order valence-corrected chi connectivity index (χ2v) is 20.6. The van der Waals surface area contributed by atoms with Crippen LogP contribution in [0.25, 0.3) is 0 Å². The summed E-state index contributed by atoms with van der Waals surface area (Å²) in [5, 5.41) is 0. The van der Waals surface area contributed by atoms with Crippen LogP contribution in [0.3, 0.4) is 0 Å². The minimum Gasteiger partial charge on any atom is -0.462 e. The molecule has 0 spiro atoms. The van der Waals surface area contributed by atoms with Gasteiger partial charge < -0.3 is 14.2 Å². The van der Waals surface area contributed by atoms with E-state index >= 15 is 0 Å². The van der Waals surface area contributed by atoms with Crippen molar-refractivity contribution in [1.82, 2.24) is 0 Å². The highest BCUT2D eigenvalue weighted by Crippen LogP contribution is 2.17. The second-order valence-electron chi connectivity index (χ2n) is 20.6. The summed E-state index contributed by atoms with van der Waals surface area (Å²) in [7, 11) is 0. The molecule has 0 aliphatic carbocycles. The molecule has 0 rings (SSSR count). The van der Waals surface area contributed by atoms with E-state index in [1.54, 1.807) is 0 Å². The molecule has 0 fully saturated rings. The third-order valence-corrected chi connectivity index (χ3v) is 13.5. The zero-order valence-electron chi connectivity index (χ0n) is 47.7. The Hall–Kier alpha value is -3.15. The third-order valence-electron chi connectivity index (χ3n) is 13.5. The fourth-order valence-electron chi connectivity index (χ4n) is 8.86. The lowest BCUT2D eigenvalue weighted by Crippen LogP contribution is -2.30. The Bertz CT molecular complexity index is 1340. The van der Waals surface area contributed by atoms with Gasteiger partial charge in [0.1, 0.15) is 13.2 Å². The maximum Gasteiger partial charge on any atom is 0.306 e. The average molecular weight is 1010 g/mol. The van der Waals surface area contributed by atoms with Gasteiger partial charge in [0, 0.05) is 19.3 Å². The van der Waals surface area contributed by atoms with Gasteiger partial charge in [-0.3, -0.25) is 14.4 Å². The molecule has 6 heteroatoms. The van der Waals surface area contributed by atoms with Crippen molar-refractivity contribution in [2.75, 3.05) is 13.2 Å². The molecule has 416 valence electrons. The Balaban J connectivity index is 4.37. The van der Waals surface area contributed by atoms with Gasteiger partial charge in [0.25, 0.3) is 0 Å². The first kappa shape index (κ1) is 68.8. The summed E-state index contributed by atoms with van der Waals surface area (Å²) in [4.78, 5) is 38.2. The van der Waals surface area contributed by atoms with Gasteiger partial charge in [-0.2, -0.15) is 0 Å². The third kappa shape index (κ3) is 57.7. The molecule has 6 nitrogen and oxygen atoms in total. The molecule has 0 heterocycles. The van der Waals surface area contributed by atoms with Gasteiger partial charge in [0.15, 0.2) is 6.10 Å². The van der Waals surface area contributed by atoms with Gasteiger partial charge in [0.2, 0.25) is 0 Å². The van der Waals surface area contributed by atoms with Crippen LogP contribution in [-0.2, 0) is 28.6 Å². The smallest absolute Gasteiger partial charge is 0.306 e. The van der Waals surface area contributed by atoms with Gasteiger partial charge >= 0.3 is 17.9 Å². The minimum absolute atomic E-state index is 0.0793. The van der Waals surface area contributed by atoms with Crippen molar-refractivity contribution in [2.45, 2.75) is 316 Å². The van der Waals surface area contributed by atoms with E-state index in [4.69, 9.17) is 14.2 Å². The van der Waals surface area contributed by atoms with E-state index in [1.165, 1.54) is 161 Å². The summed E-state index contributed by atoms with van der Waals surface area (Å²) < 4.78 is 16.9. The van der Waals surface area contributed by atoms with Crippen LogP contribution in [0.15, 0.2) is 72.9 Å². The van der Waals surface area contributed by atoms with Crippen LogP contribution >= 0.6 is 0 Å². The molecule has 0 aliphatic rings. The first-order valence-corrected chi connectivity index (χ1v) is 30.9. The largest absolute Gasteiger partial charge is 0.462 e. The SMILES string of the molecule is CC/C=C\C/C=C\C/C=C\C/C=C\C/C=C\C/C=C\CCCCCCC(=O)OCC(COC(=O)CCCCCCCCCCCCCCC)OC(=O)CCCCCCCCCCCCCCCCCCCC. The average Bonchev–Trinajstić information content (AvgIpc) is 3.38. The van der Waals surface area contributed by atoms with E-state index in [0.717, 1.165) is 109 Å². The van der Waals surface area contributed by atoms with Gasteiger partial charge in [-0.25, -0.2) is 0 Å². The number of rotatable bonds is 56. The highest BCUT2D eigenvalue weighted by molar-refractivity contribution is 5.71. The molecule has 0 saturated carbocycles. The molecule has 0 aliphatic heterocycles. The highest BCUT2D eigenvalue weighted by atomic mass is 16.6. The van der Waals surface area contributed by atoms with Crippen LogP contribution in [0.4, 0.5) is 0 Å². The number of hydrogen-bond donors (Lipinski definition) is 0. The summed E-state index contributed by atoms with van der Waals surface area (Å²) in [5.41, 5.74) is 0. The van der Waals surface area contributed by atoms with Crippen LogP contribution in [0.1, 0.15) is 310 Å². The molecule has 0 aromatic carbocycles. The van der Waals surface area contributed by atoms with E-state index in [2.05, 4.69) is 93.7 Å². The zero-order chi connectivity index (χ0) is 52.2. The lowest BCUT2D eigenvalue weighted by Gasteiger charge is -2.18. The van der Waals surface area contributed by atoms with Crippen LogP contribution in [-0.4, -0.2) is 37.2 Å². The van der Waals surface area contributed by atoms with Crippen LogP contribution in [0.5, 0.6) is 0 Å². The van der Waals surface area contributed by atoms with E-state index in [9.17, 15) is 14.4 Å². The molecular formula is C66H116O6. The van der Waals surface area contributed by atoms with E-state index in [1.807, 2.05) is 0 Å². The molecule has 0 radical (unpaired) electrons. The number of hydrogen-bond acceptors (Lipinski definition) is 6. The molecule has 1 unspecified atom stereocenters. The summed E-state index contributed by atoms with van der Waals surface area (Å²) in [6.07, 6.45) is 77.5. The van der Waals surface area contributed by atoms with E-state index < -0.39 is 6.10 Å². The minimum atomic E-state index is -0.783. The molecular weight excluding hydrogens is 889 g/mol. The predicted octanol–water partition coefficient (Wildman–Crippen LogP) is 20.9. The van der Waals surface area contributed by atoms with E-state index in [0.29, 0.717) is 19.3 Å². The summed E-state index contributed by atoms with van der Waals surface area (Å²) in [5.74, 6) is -0.889. The Kier molecular flexibility index (Phi) is 57.8. The predicted molar refractivity (Wildman–Crippen MR) is 311 cm³/mol. The summed E-state index contributed by atoms with van der Waals surface area (Å²) >= 11 is 0. The monoisotopic (exact) mass is 1000 g/mol. The van der Waals surface area contributed by atoms with Crippen LogP contribution < -0.4 is 0 Å². The van der Waals surface area contributed by atoms with Crippen molar-refractivity contribution in [3.63, 3.8) is 0 Å². The number of carbonyl (C=O) groups is 3. The van der Waals surface area contributed by atoms with Crippen LogP contribution in [0, 0.1) is 0 Å². The summed E-state index contributed by atoms with van der Waals surface area (Å²) in [6, 6.07) is 0. The van der Waals surface area contributed by atoms with Gasteiger partial charge in [-0.1, -0.05) is 293 Å². The first-order valence-electron chi connectivity index (χ1n) is 30.9. The normalized spacial score (nSPS) is 12.5. The topological polar surface area (TPSA) is 78.9 Å². The lowest BCUT2D eigenvalue weighted by atomic mass is 10.0. The number of allylic oxidation sites excluding steroid dienone is 12.